The summed E-state index contributed by atoms with van der Waals surface area (Å²) in [7, 11) is 0. The van der Waals surface area contributed by atoms with Gasteiger partial charge in [-0.25, -0.2) is 4.79 Å². The van der Waals surface area contributed by atoms with Crippen molar-refractivity contribution in [2.75, 3.05) is 13.2 Å². The molecule has 0 aromatic heterocycles. The van der Waals surface area contributed by atoms with Gasteiger partial charge in [-0.3, -0.25) is 4.79 Å². The van der Waals surface area contributed by atoms with Crippen molar-refractivity contribution in [3.05, 3.63) is 0 Å². The molecule has 0 bridgehead atoms. The first-order chi connectivity index (χ1) is 7.96. The molecule has 1 atom stereocenters. The molecular weight excluding hydrogens is 224 g/mol. The third kappa shape index (κ3) is 3.98. The fraction of sp³-hybridized carbons (Fsp3) is 0.818. The molecule has 4 N–H and O–H groups in total. The number of rotatable bonds is 5. The van der Waals surface area contributed by atoms with Crippen molar-refractivity contribution in [1.82, 2.24) is 5.32 Å². The summed E-state index contributed by atoms with van der Waals surface area (Å²) in [5, 5.41) is 11.8. The molecule has 1 heterocycles. The second-order valence-corrected chi connectivity index (χ2v) is 4.56. The van der Waals surface area contributed by atoms with E-state index in [4.69, 9.17) is 10.5 Å². The van der Waals surface area contributed by atoms with Crippen LogP contribution in [0.5, 0.6) is 0 Å². The van der Waals surface area contributed by atoms with Gasteiger partial charge in [0.2, 0.25) is 5.91 Å². The van der Waals surface area contributed by atoms with Gasteiger partial charge in [0.15, 0.2) is 0 Å². The van der Waals surface area contributed by atoms with E-state index in [1.807, 2.05) is 6.92 Å². The van der Waals surface area contributed by atoms with Crippen molar-refractivity contribution < 1.29 is 19.4 Å². The zero-order valence-corrected chi connectivity index (χ0v) is 10.1. The highest BCUT2D eigenvalue weighted by molar-refractivity contribution is 5.87. The van der Waals surface area contributed by atoms with Crippen LogP contribution in [0.25, 0.3) is 0 Å². The van der Waals surface area contributed by atoms with Gasteiger partial charge in [-0.1, -0.05) is 0 Å². The number of carboxylic acid groups (broad SMARTS) is 1. The Morgan fingerprint density at radius 2 is 2.06 bits per heavy atom. The second-order valence-electron chi connectivity index (χ2n) is 4.56. The molecule has 0 spiro atoms. The summed E-state index contributed by atoms with van der Waals surface area (Å²) in [6.07, 6.45) is 1.43. The zero-order chi connectivity index (χ0) is 12.9. The second kappa shape index (κ2) is 5.97. The lowest BCUT2D eigenvalue weighted by atomic mass is 9.90. The molecule has 0 saturated carbocycles. The summed E-state index contributed by atoms with van der Waals surface area (Å²) in [5.41, 5.74) is 4.39. The molecule has 0 aliphatic carbocycles. The molecule has 1 fully saturated rings. The highest BCUT2D eigenvalue weighted by Crippen LogP contribution is 2.21. The van der Waals surface area contributed by atoms with Gasteiger partial charge < -0.3 is 20.9 Å². The Balaban J connectivity index is 2.54. The molecule has 0 radical (unpaired) electrons. The normalized spacial score (nSPS) is 20.6. The fourth-order valence-corrected chi connectivity index (χ4v) is 1.80. The number of carbonyl (C=O) groups excluding carboxylic acids is 1. The molecule has 17 heavy (non-hydrogen) atoms. The van der Waals surface area contributed by atoms with E-state index >= 15 is 0 Å². The number of amides is 1. The van der Waals surface area contributed by atoms with Crippen molar-refractivity contribution >= 4 is 11.9 Å². The van der Waals surface area contributed by atoms with Gasteiger partial charge in [0, 0.05) is 38.5 Å². The smallest absolute Gasteiger partial charge is 0.329 e. The van der Waals surface area contributed by atoms with Crippen LogP contribution in [0.1, 0.15) is 32.6 Å². The number of hydrogen-bond donors (Lipinski definition) is 3. The van der Waals surface area contributed by atoms with Crippen LogP contribution in [0.15, 0.2) is 0 Å². The average Bonchev–Trinajstić information content (AvgIpc) is 2.27. The van der Waals surface area contributed by atoms with Gasteiger partial charge in [-0.15, -0.1) is 0 Å². The van der Waals surface area contributed by atoms with Crippen molar-refractivity contribution in [1.29, 1.82) is 0 Å². The van der Waals surface area contributed by atoms with Crippen LogP contribution < -0.4 is 11.1 Å². The molecule has 1 saturated heterocycles. The van der Waals surface area contributed by atoms with E-state index in [1.54, 1.807) is 0 Å². The first-order valence-electron chi connectivity index (χ1n) is 5.84. The quantitative estimate of drug-likeness (QED) is 0.625. The Labute approximate surface area is 101 Å². The van der Waals surface area contributed by atoms with Crippen LogP contribution in [0.4, 0.5) is 0 Å². The summed E-state index contributed by atoms with van der Waals surface area (Å²) in [5.74, 6) is -1.25. The zero-order valence-electron chi connectivity index (χ0n) is 10.1. The highest BCUT2D eigenvalue weighted by atomic mass is 16.5. The first kappa shape index (κ1) is 13.9. The third-order valence-corrected chi connectivity index (χ3v) is 2.96. The van der Waals surface area contributed by atoms with Crippen molar-refractivity contribution in [2.24, 2.45) is 5.73 Å². The van der Waals surface area contributed by atoms with Crippen LogP contribution in [0.2, 0.25) is 0 Å². The molecule has 1 unspecified atom stereocenters. The van der Waals surface area contributed by atoms with Gasteiger partial charge in [-0.05, 0) is 13.3 Å². The minimum atomic E-state index is -1.16. The molecular formula is C11H20N2O4. The molecule has 1 amide bonds. The lowest BCUT2D eigenvalue weighted by molar-refractivity contribution is -0.152. The minimum Gasteiger partial charge on any atom is -0.480 e. The largest absolute Gasteiger partial charge is 0.480 e. The Hall–Kier alpha value is -1.14. The topological polar surface area (TPSA) is 102 Å². The lowest BCUT2D eigenvalue weighted by Gasteiger charge is -2.33. The Morgan fingerprint density at radius 3 is 2.53 bits per heavy atom. The maximum atomic E-state index is 11.7. The van der Waals surface area contributed by atoms with Gasteiger partial charge in [0.1, 0.15) is 5.54 Å². The molecule has 1 aliphatic heterocycles. The fourth-order valence-electron chi connectivity index (χ4n) is 1.80. The highest BCUT2D eigenvalue weighted by Gasteiger charge is 2.41. The summed E-state index contributed by atoms with van der Waals surface area (Å²) in [4.78, 5) is 22.9. The molecule has 6 nitrogen and oxygen atoms in total. The van der Waals surface area contributed by atoms with E-state index in [0.717, 1.165) is 0 Å². The summed E-state index contributed by atoms with van der Waals surface area (Å²) >= 11 is 0. The number of aliphatic carboxylic acids is 1. The molecule has 1 rings (SSSR count). The van der Waals surface area contributed by atoms with Crippen LogP contribution in [0, 0.1) is 0 Å². The van der Waals surface area contributed by atoms with Crippen LogP contribution in [-0.2, 0) is 14.3 Å². The minimum absolute atomic E-state index is 0.0591. The molecule has 0 aromatic carbocycles. The van der Waals surface area contributed by atoms with E-state index in [0.29, 0.717) is 32.5 Å². The van der Waals surface area contributed by atoms with E-state index in [1.165, 1.54) is 0 Å². The summed E-state index contributed by atoms with van der Waals surface area (Å²) in [6, 6.07) is -0.0591. The predicted octanol–water partition coefficient (Wildman–Crippen LogP) is -0.136. The SMILES string of the molecule is CC(N)CCC(=O)NC1(C(=O)O)CCOCC1. The number of nitrogens with two attached hydrogens (primary N) is 1. The Kier molecular flexibility index (Phi) is 4.89. The Morgan fingerprint density at radius 1 is 1.47 bits per heavy atom. The number of nitrogens with one attached hydrogen (secondary N) is 1. The van der Waals surface area contributed by atoms with Gasteiger partial charge >= 0.3 is 5.97 Å². The third-order valence-electron chi connectivity index (χ3n) is 2.96. The molecule has 6 heteroatoms. The van der Waals surface area contributed by atoms with Crippen molar-refractivity contribution in [3.63, 3.8) is 0 Å². The van der Waals surface area contributed by atoms with Crippen LogP contribution >= 0.6 is 0 Å². The van der Waals surface area contributed by atoms with E-state index in [9.17, 15) is 14.7 Å². The van der Waals surface area contributed by atoms with E-state index in [2.05, 4.69) is 5.32 Å². The average molecular weight is 244 g/mol. The number of ether oxygens (including phenoxy) is 1. The summed E-state index contributed by atoms with van der Waals surface area (Å²) in [6.45, 7) is 2.54. The molecule has 98 valence electrons. The molecule has 0 aromatic rings. The maximum absolute atomic E-state index is 11.7. The van der Waals surface area contributed by atoms with Crippen LogP contribution in [-0.4, -0.2) is 41.8 Å². The van der Waals surface area contributed by atoms with Crippen LogP contribution in [0.3, 0.4) is 0 Å². The van der Waals surface area contributed by atoms with E-state index in [-0.39, 0.29) is 18.4 Å². The van der Waals surface area contributed by atoms with Gasteiger partial charge in [0.05, 0.1) is 0 Å². The number of carbonyl (C=O) groups is 2. The predicted molar refractivity (Wildman–Crippen MR) is 61.4 cm³/mol. The Bertz CT molecular complexity index is 285. The maximum Gasteiger partial charge on any atom is 0.329 e. The number of carboxylic acids is 1. The van der Waals surface area contributed by atoms with Crippen molar-refractivity contribution in [3.8, 4) is 0 Å². The van der Waals surface area contributed by atoms with E-state index < -0.39 is 11.5 Å². The van der Waals surface area contributed by atoms with Gasteiger partial charge in [-0.2, -0.15) is 0 Å². The summed E-state index contributed by atoms with van der Waals surface area (Å²) < 4.78 is 5.12. The lowest BCUT2D eigenvalue weighted by Crippen LogP contribution is -2.57. The standard InChI is InChI=1S/C11H20N2O4/c1-8(12)2-3-9(14)13-11(10(15)16)4-6-17-7-5-11/h8H,2-7,12H2,1H3,(H,13,14)(H,15,16). The monoisotopic (exact) mass is 244 g/mol. The number of hydrogen-bond acceptors (Lipinski definition) is 4. The van der Waals surface area contributed by atoms with Crippen molar-refractivity contribution in [2.45, 2.75) is 44.2 Å². The first-order valence-corrected chi connectivity index (χ1v) is 5.84. The molecule has 1 aliphatic rings. The van der Waals surface area contributed by atoms with Gasteiger partial charge in [0.25, 0.3) is 0 Å².